The monoisotopic (exact) mass is 381 g/mol. The number of amides is 2. The third-order valence-corrected chi connectivity index (χ3v) is 4.56. The number of carbonyl (C=O) groups excluding carboxylic acids is 2. The first-order chi connectivity index (χ1) is 13.0. The molecule has 7 heteroatoms. The molecule has 2 aromatic carbocycles. The van der Waals surface area contributed by atoms with E-state index in [9.17, 15) is 14.0 Å². The SMILES string of the molecule is CC(=NNC(=O)c1cccc(F)c1)c1cccc(NC(=O)c2cccs2)c1. The number of rotatable bonds is 5. The van der Waals surface area contributed by atoms with Crippen molar-refractivity contribution in [3.63, 3.8) is 0 Å². The van der Waals surface area contributed by atoms with Crippen LogP contribution < -0.4 is 10.7 Å². The fourth-order valence-electron chi connectivity index (χ4n) is 2.32. The summed E-state index contributed by atoms with van der Waals surface area (Å²) in [5.74, 6) is -1.18. The summed E-state index contributed by atoms with van der Waals surface area (Å²) in [6, 6.07) is 16.1. The third-order valence-electron chi connectivity index (χ3n) is 3.70. The molecule has 2 amide bonds. The average Bonchev–Trinajstić information content (AvgIpc) is 3.21. The van der Waals surface area contributed by atoms with Crippen molar-refractivity contribution in [3.05, 3.63) is 87.9 Å². The number of hydrogen-bond acceptors (Lipinski definition) is 4. The van der Waals surface area contributed by atoms with Gasteiger partial charge in [0, 0.05) is 11.3 Å². The van der Waals surface area contributed by atoms with E-state index in [4.69, 9.17) is 0 Å². The first-order valence-corrected chi connectivity index (χ1v) is 8.96. The maximum atomic E-state index is 13.2. The molecule has 0 unspecified atom stereocenters. The number of carbonyl (C=O) groups is 2. The number of hydrogen-bond donors (Lipinski definition) is 2. The number of hydrazone groups is 1. The van der Waals surface area contributed by atoms with Gasteiger partial charge in [0.1, 0.15) is 5.82 Å². The van der Waals surface area contributed by atoms with E-state index in [-0.39, 0.29) is 11.5 Å². The zero-order chi connectivity index (χ0) is 19.2. The third kappa shape index (κ3) is 4.86. The van der Waals surface area contributed by atoms with Gasteiger partial charge in [0.25, 0.3) is 11.8 Å². The van der Waals surface area contributed by atoms with Gasteiger partial charge in [-0.15, -0.1) is 11.3 Å². The van der Waals surface area contributed by atoms with Crippen LogP contribution in [0.25, 0.3) is 0 Å². The molecule has 0 radical (unpaired) electrons. The normalized spacial score (nSPS) is 11.1. The topological polar surface area (TPSA) is 70.6 Å². The molecule has 3 aromatic rings. The highest BCUT2D eigenvalue weighted by Gasteiger charge is 2.09. The second-order valence-electron chi connectivity index (χ2n) is 5.66. The van der Waals surface area contributed by atoms with Crippen molar-refractivity contribution in [3.8, 4) is 0 Å². The molecule has 0 saturated heterocycles. The summed E-state index contributed by atoms with van der Waals surface area (Å²) in [6.45, 7) is 1.73. The van der Waals surface area contributed by atoms with Gasteiger partial charge in [0.05, 0.1) is 10.6 Å². The van der Waals surface area contributed by atoms with Gasteiger partial charge in [0.2, 0.25) is 0 Å². The maximum absolute atomic E-state index is 13.2. The van der Waals surface area contributed by atoms with Gasteiger partial charge < -0.3 is 5.32 Å². The van der Waals surface area contributed by atoms with Crippen LogP contribution >= 0.6 is 11.3 Å². The predicted molar refractivity (Wildman–Crippen MR) is 105 cm³/mol. The summed E-state index contributed by atoms with van der Waals surface area (Å²) in [6.07, 6.45) is 0. The minimum Gasteiger partial charge on any atom is -0.321 e. The molecule has 0 saturated carbocycles. The van der Waals surface area contributed by atoms with Gasteiger partial charge in [-0.3, -0.25) is 9.59 Å². The van der Waals surface area contributed by atoms with E-state index in [1.807, 2.05) is 17.5 Å². The Morgan fingerprint density at radius 3 is 2.48 bits per heavy atom. The minimum atomic E-state index is -0.504. The lowest BCUT2D eigenvalue weighted by Crippen LogP contribution is -2.19. The summed E-state index contributed by atoms with van der Waals surface area (Å²) >= 11 is 1.36. The van der Waals surface area contributed by atoms with Crippen molar-refractivity contribution < 1.29 is 14.0 Å². The molecule has 0 spiro atoms. The van der Waals surface area contributed by atoms with Gasteiger partial charge in [-0.05, 0) is 54.3 Å². The molecule has 0 aliphatic heterocycles. The van der Waals surface area contributed by atoms with Crippen molar-refractivity contribution in [1.82, 2.24) is 5.43 Å². The zero-order valence-electron chi connectivity index (χ0n) is 14.4. The van der Waals surface area contributed by atoms with E-state index in [1.165, 1.54) is 29.5 Å². The van der Waals surface area contributed by atoms with Crippen LogP contribution in [0.4, 0.5) is 10.1 Å². The van der Waals surface area contributed by atoms with E-state index in [1.54, 1.807) is 31.2 Å². The van der Waals surface area contributed by atoms with Crippen molar-refractivity contribution in [2.75, 3.05) is 5.32 Å². The highest BCUT2D eigenvalue weighted by molar-refractivity contribution is 7.12. The molecule has 136 valence electrons. The number of nitrogens with zero attached hydrogens (tertiary/aromatic N) is 1. The van der Waals surface area contributed by atoms with E-state index in [0.717, 1.165) is 11.6 Å². The van der Waals surface area contributed by atoms with Crippen LogP contribution in [0.5, 0.6) is 0 Å². The maximum Gasteiger partial charge on any atom is 0.271 e. The van der Waals surface area contributed by atoms with Crippen LogP contribution in [0, 0.1) is 5.82 Å². The number of thiophene rings is 1. The molecule has 0 atom stereocenters. The molecule has 0 fully saturated rings. The Kier molecular flexibility index (Phi) is 5.73. The Balaban J connectivity index is 1.69. The van der Waals surface area contributed by atoms with E-state index in [0.29, 0.717) is 16.3 Å². The fourth-order valence-corrected chi connectivity index (χ4v) is 2.93. The number of anilines is 1. The predicted octanol–water partition coefficient (Wildman–Crippen LogP) is 4.29. The first-order valence-electron chi connectivity index (χ1n) is 8.08. The lowest BCUT2D eigenvalue weighted by Gasteiger charge is -2.07. The quantitative estimate of drug-likeness (QED) is 0.511. The number of halogens is 1. The molecule has 5 nitrogen and oxygen atoms in total. The summed E-state index contributed by atoms with van der Waals surface area (Å²) in [7, 11) is 0. The van der Waals surface area contributed by atoms with Crippen LogP contribution in [-0.2, 0) is 0 Å². The molecule has 0 aliphatic carbocycles. The lowest BCUT2D eigenvalue weighted by atomic mass is 10.1. The Hall–Kier alpha value is -3.32. The molecule has 3 rings (SSSR count). The molecular formula is C20H16FN3O2S. The fraction of sp³-hybridized carbons (Fsp3) is 0.0500. The van der Waals surface area contributed by atoms with Crippen molar-refractivity contribution in [2.45, 2.75) is 6.92 Å². The van der Waals surface area contributed by atoms with Crippen molar-refractivity contribution >= 4 is 34.6 Å². The second kappa shape index (κ2) is 8.37. The largest absolute Gasteiger partial charge is 0.321 e. The molecule has 2 N–H and O–H groups in total. The van der Waals surface area contributed by atoms with Crippen LogP contribution in [0.2, 0.25) is 0 Å². The summed E-state index contributed by atoms with van der Waals surface area (Å²) in [5, 5.41) is 8.72. The second-order valence-corrected chi connectivity index (χ2v) is 6.61. The molecule has 0 bridgehead atoms. The zero-order valence-corrected chi connectivity index (χ0v) is 15.2. The van der Waals surface area contributed by atoms with Crippen LogP contribution in [-0.4, -0.2) is 17.5 Å². The summed E-state index contributed by atoms with van der Waals surface area (Å²) < 4.78 is 13.2. The molecule has 27 heavy (non-hydrogen) atoms. The smallest absolute Gasteiger partial charge is 0.271 e. The Labute approximate surface area is 159 Å². The standard InChI is InChI=1S/C20H16FN3O2S/c1-13(23-24-19(25)15-6-2-7-16(21)11-15)14-5-3-8-17(12-14)22-20(26)18-9-4-10-27-18/h2-12H,1H3,(H,22,26)(H,24,25). The first kappa shape index (κ1) is 18.5. The summed E-state index contributed by atoms with van der Waals surface area (Å²) in [5.41, 5.74) is 4.49. The Morgan fingerprint density at radius 2 is 1.74 bits per heavy atom. The van der Waals surface area contributed by atoms with Crippen LogP contribution in [0.3, 0.4) is 0 Å². The minimum absolute atomic E-state index is 0.184. The van der Waals surface area contributed by atoms with Crippen LogP contribution in [0.15, 0.2) is 71.1 Å². The Morgan fingerprint density at radius 1 is 0.963 bits per heavy atom. The summed E-state index contributed by atoms with van der Waals surface area (Å²) in [4.78, 5) is 24.8. The number of benzene rings is 2. The Bertz CT molecular complexity index is 1000. The van der Waals surface area contributed by atoms with E-state index in [2.05, 4.69) is 15.8 Å². The number of nitrogens with one attached hydrogen (secondary N) is 2. The van der Waals surface area contributed by atoms with Gasteiger partial charge in [0.15, 0.2) is 0 Å². The highest BCUT2D eigenvalue weighted by atomic mass is 32.1. The van der Waals surface area contributed by atoms with Gasteiger partial charge in [-0.25, -0.2) is 9.82 Å². The average molecular weight is 381 g/mol. The van der Waals surface area contributed by atoms with E-state index < -0.39 is 11.7 Å². The van der Waals surface area contributed by atoms with Crippen molar-refractivity contribution in [1.29, 1.82) is 0 Å². The van der Waals surface area contributed by atoms with Gasteiger partial charge >= 0.3 is 0 Å². The molecular weight excluding hydrogens is 365 g/mol. The van der Waals surface area contributed by atoms with Gasteiger partial charge in [-0.2, -0.15) is 5.10 Å². The molecule has 1 heterocycles. The molecule has 0 aliphatic rings. The molecule has 1 aromatic heterocycles. The van der Waals surface area contributed by atoms with E-state index >= 15 is 0 Å². The van der Waals surface area contributed by atoms with Gasteiger partial charge in [-0.1, -0.05) is 24.3 Å². The van der Waals surface area contributed by atoms with Crippen molar-refractivity contribution in [2.24, 2.45) is 5.10 Å². The highest BCUT2D eigenvalue weighted by Crippen LogP contribution is 2.15. The van der Waals surface area contributed by atoms with Crippen LogP contribution in [0.1, 0.15) is 32.5 Å². The lowest BCUT2D eigenvalue weighted by molar-refractivity contribution is 0.0953.